The Kier molecular flexibility index (Phi) is 7.28. The molecule has 0 unspecified atom stereocenters. The number of halogens is 1. The second-order valence-electron chi connectivity index (χ2n) is 4.44. The van der Waals surface area contributed by atoms with Crippen LogP contribution in [0.2, 0.25) is 0 Å². The van der Waals surface area contributed by atoms with Gasteiger partial charge >= 0.3 is 0 Å². The smallest absolute Gasteiger partial charge is 0.264 e. The van der Waals surface area contributed by atoms with Gasteiger partial charge in [0.15, 0.2) is 0 Å². The summed E-state index contributed by atoms with van der Waals surface area (Å²) >= 11 is 3.24. The van der Waals surface area contributed by atoms with Gasteiger partial charge in [0.1, 0.15) is 0 Å². The zero-order valence-corrected chi connectivity index (χ0v) is 14.8. The lowest BCUT2D eigenvalue weighted by molar-refractivity contribution is 0.310. The summed E-state index contributed by atoms with van der Waals surface area (Å²) in [7, 11) is -6.89. The van der Waals surface area contributed by atoms with Crippen LogP contribution in [0, 0.1) is 0 Å². The number of unbranched alkanes of at least 4 members (excludes halogenated alkanes) is 2. The largest absolute Gasteiger partial charge is 0.270 e. The highest BCUT2D eigenvalue weighted by molar-refractivity contribution is 9.10. The summed E-state index contributed by atoms with van der Waals surface area (Å²) in [6.07, 6.45) is 2.85. The molecule has 1 rings (SSSR count). The van der Waals surface area contributed by atoms with E-state index in [0.717, 1.165) is 10.7 Å². The molecule has 0 heterocycles. The van der Waals surface area contributed by atoms with Crippen LogP contribution in [0.15, 0.2) is 33.6 Å². The van der Waals surface area contributed by atoms with Crippen LogP contribution in [-0.4, -0.2) is 36.2 Å². The molecular formula is C12H18BrNO5S2. The fourth-order valence-corrected chi connectivity index (χ4v) is 3.28. The summed E-state index contributed by atoms with van der Waals surface area (Å²) in [5.74, 6) is 0. The minimum Gasteiger partial charge on any atom is -0.270 e. The Hall–Kier alpha value is -0.480. The van der Waals surface area contributed by atoms with Gasteiger partial charge in [-0.3, -0.25) is 4.18 Å². The zero-order chi connectivity index (χ0) is 15.9. The van der Waals surface area contributed by atoms with E-state index in [1.54, 1.807) is 12.1 Å². The molecule has 0 saturated heterocycles. The topological polar surface area (TPSA) is 89.5 Å². The van der Waals surface area contributed by atoms with Gasteiger partial charge in [0.05, 0.1) is 17.8 Å². The minimum atomic E-state index is -3.49. The van der Waals surface area contributed by atoms with Crippen molar-refractivity contribution >= 4 is 36.1 Å². The van der Waals surface area contributed by atoms with Gasteiger partial charge < -0.3 is 0 Å². The van der Waals surface area contributed by atoms with Crippen molar-refractivity contribution < 1.29 is 21.0 Å². The van der Waals surface area contributed by atoms with E-state index < -0.39 is 20.1 Å². The number of benzene rings is 1. The van der Waals surface area contributed by atoms with Crippen LogP contribution in [0.5, 0.6) is 0 Å². The van der Waals surface area contributed by atoms with E-state index in [1.807, 2.05) is 0 Å². The molecule has 0 aliphatic heterocycles. The molecule has 120 valence electrons. The minimum absolute atomic E-state index is 0.123. The first-order chi connectivity index (χ1) is 9.71. The number of hydrogen-bond donors (Lipinski definition) is 1. The summed E-state index contributed by atoms with van der Waals surface area (Å²) in [5, 5.41) is 0. The van der Waals surface area contributed by atoms with Gasteiger partial charge in [-0.2, -0.15) is 8.42 Å². The first kappa shape index (κ1) is 18.6. The maximum atomic E-state index is 11.9. The van der Waals surface area contributed by atoms with Crippen molar-refractivity contribution in [2.24, 2.45) is 0 Å². The molecule has 0 aliphatic rings. The fraction of sp³-hybridized carbons (Fsp3) is 0.500. The molecule has 9 heteroatoms. The van der Waals surface area contributed by atoms with E-state index in [-0.39, 0.29) is 11.5 Å². The summed E-state index contributed by atoms with van der Waals surface area (Å²) in [5.41, 5.74) is 0. The lowest BCUT2D eigenvalue weighted by Crippen LogP contribution is -2.24. The van der Waals surface area contributed by atoms with Crippen LogP contribution in [0.4, 0.5) is 0 Å². The van der Waals surface area contributed by atoms with Gasteiger partial charge in [0.2, 0.25) is 10.0 Å². The molecule has 0 fully saturated rings. The van der Waals surface area contributed by atoms with Crippen molar-refractivity contribution in [2.45, 2.75) is 24.2 Å². The Bertz CT molecular complexity index is 641. The third-order valence-electron chi connectivity index (χ3n) is 2.53. The summed E-state index contributed by atoms with van der Waals surface area (Å²) in [6.45, 7) is 0.426. The Morgan fingerprint density at radius 3 is 2.24 bits per heavy atom. The molecule has 6 nitrogen and oxygen atoms in total. The van der Waals surface area contributed by atoms with Gasteiger partial charge in [-0.15, -0.1) is 0 Å². The number of rotatable bonds is 9. The Labute approximate surface area is 134 Å². The number of sulfonamides is 1. The molecule has 21 heavy (non-hydrogen) atoms. The number of nitrogens with one attached hydrogen (secondary N) is 1. The maximum Gasteiger partial charge on any atom is 0.264 e. The van der Waals surface area contributed by atoms with Crippen molar-refractivity contribution in [1.29, 1.82) is 0 Å². The summed E-state index contributed by atoms with van der Waals surface area (Å²) in [4.78, 5) is 0.214. The molecule has 0 saturated carbocycles. The van der Waals surface area contributed by atoms with Crippen LogP contribution >= 0.6 is 15.9 Å². The summed E-state index contributed by atoms with van der Waals surface area (Å²) in [6, 6.07) is 6.37. The Balaban J connectivity index is 2.27. The second kappa shape index (κ2) is 8.23. The Morgan fingerprint density at radius 2 is 1.67 bits per heavy atom. The van der Waals surface area contributed by atoms with Crippen LogP contribution in [0.25, 0.3) is 0 Å². The molecule has 0 aliphatic carbocycles. The van der Waals surface area contributed by atoms with Crippen molar-refractivity contribution in [2.75, 3.05) is 19.4 Å². The summed E-state index contributed by atoms with van der Waals surface area (Å²) < 4.78 is 53.2. The quantitative estimate of drug-likeness (QED) is 0.505. The van der Waals surface area contributed by atoms with Crippen LogP contribution in [0.1, 0.15) is 19.3 Å². The van der Waals surface area contributed by atoms with E-state index >= 15 is 0 Å². The molecule has 0 radical (unpaired) electrons. The first-order valence-corrected chi connectivity index (χ1v) is 10.4. The zero-order valence-electron chi connectivity index (χ0n) is 11.6. The molecular weight excluding hydrogens is 382 g/mol. The van der Waals surface area contributed by atoms with E-state index in [2.05, 4.69) is 24.8 Å². The van der Waals surface area contributed by atoms with Gasteiger partial charge in [0, 0.05) is 11.0 Å². The lowest BCUT2D eigenvalue weighted by Gasteiger charge is -2.07. The van der Waals surface area contributed by atoms with Gasteiger partial charge in [0.25, 0.3) is 10.1 Å². The maximum absolute atomic E-state index is 11.9. The highest BCUT2D eigenvalue weighted by atomic mass is 79.9. The first-order valence-electron chi connectivity index (χ1n) is 6.30. The van der Waals surface area contributed by atoms with Crippen molar-refractivity contribution in [1.82, 2.24) is 4.72 Å². The molecule has 0 spiro atoms. The van der Waals surface area contributed by atoms with E-state index in [0.29, 0.717) is 25.8 Å². The standard InChI is InChI=1S/C12H18BrNO5S2/c1-20(15,16)19-10-4-2-3-9-14-21(17,18)12-7-5-11(13)6-8-12/h5-8,14H,2-4,9-10H2,1H3. The molecule has 0 amide bonds. The van der Waals surface area contributed by atoms with Gasteiger partial charge in [-0.1, -0.05) is 15.9 Å². The predicted molar refractivity (Wildman–Crippen MR) is 84.0 cm³/mol. The average Bonchev–Trinajstić information content (AvgIpc) is 2.36. The third kappa shape index (κ3) is 7.91. The molecule has 0 aromatic heterocycles. The van der Waals surface area contributed by atoms with E-state index in [9.17, 15) is 16.8 Å². The van der Waals surface area contributed by atoms with E-state index in [1.165, 1.54) is 12.1 Å². The average molecular weight is 400 g/mol. The van der Waals surface area contributed by atoms with Gasteiger partial charge in [-0.05, 0) is 43.5 Å². The van der Waals surface area contributed by atoms with Crippen LogP contribution in [0.3, 0.4) is 0 Å². The lowest BCUT2D eigenvalue weighted by atomic mass is 10.2. The second-order valence-corrected chi connectivity index (χ2v) is 8.77. The molecule has 1 aromatic rings. The molecule has 0 atom stereocenters. The molecule has 1 N–H and O–H groups in total. The van der Waals surface area contributed by atoms with Crippen molar-refractivity contribution in [3.63, 3.8) is 0 Å². The fourth-order valence-electron chi connectivity index (χ4n) is 1.52. The van der Waals surface area contributed by atoms with Crippen LogP contribution < -0.4 is 4.72 Å². The highest BCUT2D eigenvalue weighted by Gasteiger charge is 2.12. The predicted octanol–water partition coefficient (Wildman–Crippen LogP) is 1.87. The Morgan fingerprint density at radius 1 is 1.05 bits per heavy atom. The molecule has 1 aromatic carbocycles. The van der Waals surface area contributed by atoms with E-state index in [4.69, 9.17) is 0 Å². The van der Waals surface area contributed by atoms with Crippen molar-refractivity contribution in [3.05, 3.63) is 28.7 Å². The SMILES string of the molecule is CS(=O)(=O)OCCCCCNS(=O)(=O)c1ccc(Br)cc1. The van der Waals surface area contributed by atoms with Gasteiger partial charge in [-0.25, -0.2) is 13.1 Å². The molecule has 0 bridgehead atoms. The van der Waals surface area contributed by atoms with Crippen LogP contribution in [-0.2, 0) is 24.3 Å². The monoisotopic (exact) mass is 399 g/mol. The normalized spacial score (nSPS) is 12.5. The van der Waals surface area contributed by atoms with Crippen molar-refractivity contribution in [3.8, 4) is 0 Å². The number of hydrogen-bond acceptors (Lipinski definition) is 5. The third-order valence-corrected chi connectivity index (χ3v) is 5.13. The highest BCUT2D eigenvalue weighted by Crippen LogP contribution is 2.14.